The second-order valence-electron chi connectivity index (χ2n) is 6.87. The number of benzene rings is 1. The Balaban J connectivity index is 1.91. The minimum absolute atomic E-state index is 0.0413. The smallest absolute Gasteiger partial charge is 0.223 e. The fourth-order valence-electron chi connectivity index (χ4n) is 3.55. The van der Waals surface area contributed by atoms with Crippen LogP contribution in [0.1, 0.15) is 32.4 Å². The number of hydrogen-bond acceptors (Lipinski definition) is 4. The Bertz CT molecular complexity index is 807. The van der Waals surface area contributed by atoms with Crippen LogP contribution in [0.4, 0.5) is 11.5 Å². The van der Waals surface area contributed by atoms with Gasteiger partial charge in [0.2, 0.25) is 11.8 Å². The van der Waals surface area contributed by atoms with Gasteiger partial charge < -0.3 is 15.5 Å². The molecule has 1 saturated heterocycles. The standard InChI is InChI=1S/C20H27N5O2/c1-4-21-19(27)16-10-12-24(13-11-16)20-18(22-15(3)26)14(2)23-25(20)17-8-6-5-7-9-17/h5-9,16H,4,10-13H2,1-3H3,(H,21,27)(H,22,26). The van der Waals surface area contributed by atoms with Crippen molar-refractivity contribution >= 4 is 23.3 Å². The van der Waals surface area contributed by atoms with E-state index in [1.165, 1.54) is 6.92 Å². The average molecular weight is 369 g/mol. The highest BCUT2D eigenvalue weighted by molar-refractivity contribution is 5.93. The second kappa shape index (κ2) is 8.24. The van der Waals surface area contributed by atoms with Crippen LogP contribution < -0.4 is 15.5 Å². The van der Waals surface area contributed by atoms with Gasteiger partial charge in [-0.25, -0.2) is 4.68 Å². The van der Waals surface area contributed by atoms with Gasteiger partial charge in [0.15, 0.2) is 5.82 Å². The minimum atomic E-state index is -0.121. The summed E-state index contributed by atoms with van der Waals surface area (Å²) in [6.07, 6.45) is 1.56. The Morgan fingerprint density at radius 1 is 1.19 bits per heavy atom. The highest BCUT2D eigenvalue weighted by Gasteiger charge is 2.29. The Morgan fingerprint density at radius 2 is 1.85 bits per heavy atom. The summed E-state index contributed by atoms with van der Waals surface area (Å²) in [4.78, 5) is 26.1. The number of nitrogens with zero attached hydrogens (tertiary/aromatic N) is 3. The Kier molecular flexibility index (Phi) is 5.78. The molecule has 1 aromatic carbocycles. The summed E-state index contributed by atoms with van der Waals surface area (Å²) in [7, 11) is 0. The fourth-order valence-corrected chi connectivity index (χ4v) is 3.55. The largest absolute Gasteiger partial charge is 0.356 e. The van der Waals surface area contributed by atoms with E-state index < -0.39 is 0 Å². The first-order valence-electron chi connectivity index (χ1n) is 9.46. The van der Waals surface area contributed by atoms with Gasteiger partial charge in [0, 0.05) is 32.5 Å². The molecule has 0 radical (unpaired) electrons. The van der Waals surface area contributed by atoms with Crippen LogP contribution in [-0.4, -0.2) is 41.2 Å². The zero-order chi connectivity index (χ0) is 19.4. The van der Waals surface area contributed by atoms with Crippen LogP contribution in [0.25, 0.3) is 5.69 Å². The molecule has 7 heteroatoms. The number of piperidine rings is 1. The fraction of sp³-hybridized carbons (Fsp3) is 0.450. The third-order valence-corrected chi connectivity index (χ3v) is 4.85. The molecule has 2 aromatic rings. The molecule has 0 aliphatic carbocycles. The van der Waals surface area contributed by atoms with Crippen LogP contribution >= 0.6 is 0 Å². The van der Waals surface area contributed by atoms with Gasteiger partial charge in [0.1, 0.15) is 5.69 Å². The van der Waals surface area contributed by atoms with Crippen molar-refractivity contribution in [1.82, 2.24) is 15.1 Å². The van der Waals surface area contributed by atoms with Crippen LogP contribution in [0.15, 0.2) is 30.3 Å². The van der Waals surface area contributed by atoms with Gasteiger partial charge in [-0.1, -0.05) is 18.2 Å². The maximum atomic E-state index is 12.1. The van der Waals surface area contributed by atoms with E-state index in [1.54, 1.807) is 0 Å². The number of carbonyl (C=O) groups is 2. The predicted octanol–water partition coefficient (Wildman–Crippen LogP) is 2.49. The third kappa shape index (κ3) is 4.13. The summed E-state index contributed by atoms with van der Waals surface area (Å²) in [5.74, 6) is 0.930. The lowest BCUT2D eigenvalue weighted by atomic mass is 9.96. The van der Waals surface area contributed by atoms with E-state index in [0.29, 0.717) is 6.54 Å². The summed E-state index contributed by atoms with van der Waals surface area (Å²) in [5, 5.41) is 10.5. The molecular formula is C20H27N5O2. The number of carbonyl (C=O) groups excluding carboxylic acids is 2. The quantitative estimate of drug-likeness (QED) is 0.849. The molecule has 1 aromatic heterocycles. The zero-order valence-corrected chi connectivity index (χ0v) is 16.2. The molecule has 1 aliphatic rings. The van der Waals surface area contributed by atoms with E-state index in [2.05, 4.69) is 20.6 Å². The number of aromatic nitrogens is 2. The van der Waals surface area contributed by atoms with Crippen molar-refractivity contribution in [2.75, 3.05) is 29.9 Å². The molecule has 0 atom stereocenters. The number of rotatable bonds is 5. The average Bonchev–Trinajstić information content (AvgIpc) is 2.98. The van der Waals surface area contributed by atoms with Crippen molar-refractivity contribution in [3.05, 3.63) is 36.0 Å². The molecule has 2 N–H and O–H groups in total. The molecule has 27 heavy (non-hydrogen) atoms. The van der Waals surface area contributed by atoms with Gasteiger partial charge in [-0.3, -0.25) is 9.59 Å². The summed E-state index contributed by atoms with van der Waals surface area (Å²) < 4.78 is 1.88. The van der Waals surface area contributed by atoms with Crippen molar-refractivity contribution in [2.45, 2.75) is 33.6 Å². The van der Waals surface area contributed by atoms with Gasteiger partial charge in [0.05, 0.1) is 11.4 Å². The topological polar surface area (TPSA) is 79.3 Å². The Labute approximate surface area is 159 Å². The molecule has 7 nitrogen and oxygen atoms in total. The maximum absolute atomic E-state index is 12.1. The number of nitrogens with one attached hydrogen (secondary N) is 2. The van der Waals surface area contributed by atoms with E-state index in [4.69, 9.17) is 0 Å². The monoisotopic (exact) mass is 369 g/mol. The van der Waals surface area contributed by atoms with E-state index in [1.807, 2.05) is 48.9 Å². The highest BCUT2D eigenvalue weighted by Crippen LogP contribution is 2.34. The molecule has 0 spiro atoms. The third-order valence-electron chi connectivity index (χ3n) is 4.85. The van der Waals surface area contributed by atoms with Crippen molar-refractivity contribution in [1.29, 1.82) is 0 Å². The van der Waals surface area contributed by atoms with Gasteiger partial charge in [0.25, 0.3) is 0 Å². The normalized spacial score (nSPS) is 14.9. The maximum Gasteiger partial charge on any atom is 0.223 e. The number of amides is 2. The molecule has 2 heterocycles. The van der Waals surface area contributed by atoms with E-state index in [-0.39, 0.29) is 17.7 Å². The first-order chi connectivity index (χ1) is 13.0. The highest BCUT2D eigenvalue weighted by atomic mass is 16.2. The van der Waals surface area contributed by atoms with E-state index in [9.17, 15) is 9.59 Å². The van der Waals surface area contributed by atoms with E-state index >= 15 is 0 Å². The Morgan fingerprint density at radius 3 is 2.44 bits per heavy atom. The van der Waals surface area contributed by atoms with Crippen LogP contribution in [0.2, 0.25) is 0 Å². The number of para-hydroxylation sites is 1. The van der Waals surface area contributed by atoms with Crippen molar-refractivity contribution < 1.29 is 9.59 Å². The van der Waals surface area contributed by atoms with Crippen LogP contribution in [-0.2, 0) is 9.59 Å². The molecule has 0 bridgehead atoms. The van der Waals surface area contributed by atoms with Gasteiger partial charge >= 0.3 is 0 Å². The summed E-state index contributed by atoms with van der Waals surface area (Å²) in [6, 6.07) is 9.89. The lowest BCUT2D eigenvalue weighted by molar-refractivity contribution is -0.125. The van der Waals surface area contributed by atoms with Crippen molar-refractivity contribution in [3.63, 3.8) is 0 Å². The summed E-state index contributed by atoms with van der Waals surface area (Å²) in [5.41, 5.74) is 2.45. The second-order valence-corrected chi connectivity index (χ2v) is 6.87. The lowest BCUT2D eigenvalue weighted by Crippen LogP contribution is -2.41. The lowest BCUT2D eigenvalue weighted by Gasteiger charge is -2.33. The van der Waals surface area contributed by atoms with Crippen LogP contribution in [0.5, 0.6) is 0 Å². The molecule has 144 valence electrons. The molecule has 0 saturated carbocycles. The van der Waals surface area contributed by atoms with Gasteiger partial charge in [-0.05, 0) is 38.8 Å². The van der Waals surface area contributed by atoms with Crippen LogP contribution in [0, 0.1) is 12.8 Å². The molecule has 0 unspecified atom stereocenters. The van der Waals surface area contributed by atoms with E-state index in [0.717, 1.165) is 48.8 Å². The molecular weight excluding hydrogens is 342 g/mol. The summed E-state index contributed by atoms with van der Waals surface area (Å²) in [6.45, 7) is 7.48. The first kappa shape index (κ1) is 18.9. The number of aryl methyl sites for hydroxylation is 1. The zero-order valence-electron chi connectivity index (χ0n) is 16.2. The molecule has 3 rings (SSSR count). The predicted molar refractivity (Wildman–Crippen MR) is 106 cm³/mol. The van der Waals surface area contributed by atoms with Crippen LogP contribution in [0.3, 0.4) is 0 Å². The van der Waals surface area contributed by atoms with Gasteiger partial charge in [-0.2, -0.15) is 5.10 Å². The SMILES string of the molecule is CCNC(=O)C1CCN(c2c(NC(C)=O)c(C)nn2-c2ccccc2)CC1. The van der Waals surface area contributed by atoms with Crippen molar-refractivity contribution in [2.24, 2.45) is 5.92 Å². The summed E-state index contributed by atoms with van der Waals surface area (Å²) >= 11 is 0. The van der Waals surface area contributed by atoms with Gasteiger partial charge in [-0.15, -0.1) is 0 Å². The number of anilines is 2. The van der Waals surface area contributed by atoms with Crippen molar-refractivity contribution in [3.8, 4) is 5.69 Å². The minimum Gasteiger partial charge on any atom is -0.356 e. The molecule has 2 amide bonds. The molecule has 1 aliphatic heterocycles. The number of hydrogen-bond donors (Lipinski definition) is 2. The Hall–Kier alpha value is -2.83. The first-order valence-corrected chi connectivity index (χ1v) is 9.46. The molecule has 1 fully saturated rings.